The van der Waals surface area contributed by atoms with Crippen LogP contribution in [0.5, 0.6) is 0 Å². The van der Waals surface area contributed by atoms with Crippen molar-refractivity contribution in [3.63, 3.8) is 0 Å². The van der Waals surface area contributed by atoms with Crippen LogP contribution in [0.2, 0.25) is 0 Å². The molecule has 1 aliphatic rings. The van der Waals surface area contributed by atoms with Gasteiger partial charge in [0.1, 0.15) is 0 Å². The third-order valence-electron chi connectivity index (χ3n) is 3.51. The summed E-state index contributed by atoms with van der Waals surface area (Å²) < 4.78 is 26.3. The Labute approximate surface area is 104 Å². The lowest BCUT2D eigenvalue weighted by Gasteiger charge is -2.28. The minimum atomic E-state index is -2.38. The molecule has 0 bridgehead atoms. The standard InChI is InChI=1S/C14H27F2N/c1-12(2)11-17-9-4-3-6-13-7-5-8-14(15,16)10-13/h12-13,17H,3-11H2,1-2H3. The highest BCUT2D eigenvalue weighted by Crippen LogP contribution is 2.38. The van der Waals surface area contributed by atoms with Gasteiger partial charge < -0.3 is 5.32 Å². The average Bonchev–Trinajstić information content (AvgIpc) is 2.21. The molecule has 0 aromatic rings. The fourth-order valence-electron chi connectivity index (χ4n) is 2.60. The van der Waals surface area contributed by atoms with E-state index >= 15 is 0 Å². The van der Waals surface area contributed by atoms with E-state index in [1.807, 2.05) is 0 Å². The second kappa shape index (κ2) is 7.30. The maximum absolute atomic E-state index is 13.2. The Morgan fingerprint density at radius 3 is 2.71 bits per heavy atom. The fourth-order valence-corrected chi connectivity index (χ4v) is 2.60. The van der Waals surface area contributed by atoms with E-state index in [1.165, 1.54) is 0 Å². The maximum atomic E-state index is 13.2. The van der Waals surface area contributed by atoms with Crippen LogP contribution < -0.4 is 5.32 Å². The van der Waals surface area contributed by atoms with Crippen LogP contribution in [0.25, 0.3) is 0 Å². The van der Waals surface area contributed by atoms with Gasteiger partial charge in [0.15, 0.2) is 0 Å². The molecule has 0 heterocycles. The Balaban J connectivity index is 1.99. The van der Waals surface area contributed by atoms with Crippen LogP contribution in [0.15, 0.2) is 0 Å². The molecule has 1 atom stereocenters. The lowest BCUT2D eigenvalue weighted by atomic mass is 9.83. The molecule has 102 valence electrons. The molecular weight excluding hydrogens is 220 g/mol. The van der Waals surface area contributed by atoms with E-state index in [2.05, 4.69) is 19.2 Å². The first kappa shape index (κ1) is 14.9. The van der Waals surface area contributed by atoms with Gasteiger partial charge in [0.25, 0.3) is 0 Å². The molecule has 1 saturated carbocycles. The number of hydrogen-bond donors (Lipinski definition) is 1. The van der Waals surface area contributed by atoms with Crippen LogP contribution in [0.4, 0.5) is 8.78 Å². The maximum Gasteiger partial charge on any atom is 0.248 e. The van der Waals surface area contributed by atoms with Crippen LogP contribution in [0, 0.1) is 11.8 Å². The van der Waals surface area contributed by atoms with Crippen LogP contribution in [0.3, 0.4) is 0 Å². The van der Waals surface area contributed by atoms with Crippen molar-refractivity contribution in [2.75, 3.05) is 13.1 Å². The number of halogens is 2. The summed E-state index contributed by atoms with van der Waals surface area (Å²) in [5, 5.41) is 3.39. The van der Waals surface area contributed by atoms with E-state index in [0.29, 0.717) is 12.3 Å². The normalized spacial score (nSPS) is 24.2. The van der Waals surface area contributed by atoms with Gasteiger partial charge in [-0.1, -0.05) is 33.1 Å². The number of rotatable bonds is 7. The van der Waals surface area contributed by atoms with Crippen molar-refractivity contribution in [3.8, 4) is 0 Å². The van der Waals surface area contributed by atoms with E-state index in [1.54, 1.807) is 0 Å². The van der Waals surface area contributed by atoms with Crippen molar-refractivity contribution in [2.24, 2.45) is 11.8 Å². The van der Waals surface area contributed by atoms with Crippen molar-refractivity contribution >= 4 is 0 Å². The summed E-state index contributed by atoms with van der Waals surface area (Å²) in [6.07, 6.45) is 5.16. The molecule has 3 heteroatoms. The van der Waals surface area contributed by atoms with Gasteiger partial charge in [0.2, 0.25) is 5.92 Å². The van der Waals surface area contributed by atoms with Crippen molar-refractivity contribution in [2.45, 2.75) is 64.7 Å². The molecule has 1 nitrogen and oxygen atoms in total. The van der Waals surface area contributed by atoms with Crippen LogP contribution in [-0.2, 0) is 0 Å². The predicted molar refractivity (Wildman–Crippen MR) is 68.5 cm³/mol. The molecule has 0 aromatic heterocycles. The topological polar surface area (TPSA) is 12.0 Å². The third kappa shape index (κ3) is 6.97. The highest BCUT2D eigenvalue weighted by molar-refractivity contribution is 4.78. The Morgan fingerprint density at radius 1 is 1.29 bits per heavy atom. The van der Waals surface area contributed by atoms with Crippen molar-refractivity contribution in [1.29, 1.82) is 0 Å². The largest absolute Gasteiger partial charge is 0.316 e. The molecule has 1 rings (SSSR count). The number of unbranched alkanes of at least 4 members (excludes halogenated alkanes) is 1. The first-order chi connectivity index (χ1) is 7.99. The van der Waals surface area contributed by atoms with Crippen LogP contribution in [-0.4, -0.2) is 19.0 Å². The zero-order chi connectivity index (χ0) is 12.7. The van der Waals surface area contributed by atoms with Gasteiger partial charge in [-0.3, -0.25) is 0 Å². The van der Waals surface area contributed by atoms with E-state index in [9.17, 15) is 8.78 Å². The van der Waals surface area contributed by atoms with Gasteiger partial charge in [-0.15, -0.1) is 0 Å². The Hall–Kier alpha value is -0.180. The number of nitrogens with one attached hydrogen (secondary N) is 1. The summed E-state index contributed by atoms with van der Waals surface area (Å²) >= 11 is 0. The lowest BCUT2D eigenvalue weighted by Crippen LogP contribution is -2.26. The van der Waals surface area contributed by atoms with E-state index < -0.39 is 5.92 Å². The first-order valence-corrected chi connectivity index (χ1v) is 7.08. The van der Waals surface area contributed by atoms with Gasteiger partial charge in [-0.05, 0) is 37.8 Å². The fraction of sp³-hybridized carbons (Fsp3) is 1.00. The van der Waals surface area contributed by atoms with Crippen LogP contribution >= 0.6 is 0 Å². The molecule has 1 fully saturated rings. The number of hydrogen-bond acceptors (Lipinski definition) is 1. The van der Waals surface area contributed by atoms with Gasteiger partial charge >= 0.3 is 0 Å². The van der Waals surface area contributed by atoms with Gasteiger partial charge in [0.05, 0.1) is 0 Å². The molecule has 1 unspecified atom stereocenters. The SMILES string of the molecule is CC(C)CNCCCCC1CCCC(F)(F)C1. The van der Waals surface area contributed by atoms with Crippen LogP contribution in [0.1, 0.15) is 58.8 Å². The molecule has 0 radical (unpaired) electrons. The van der Waals surface area contributed by atoms with Crippen molar-refractivity contribution in [3.05, 3.63) is 0 Å². The minimum Gasteiger partial charge on any atom is -0.316 e. The molecular formula is C14H27F2N. The molecule has 17 heavy (non-hydrogen) atoms. The van der Waals surface area contributed by atoms with Crippen molar-refractivity contribution < 1.29 is 8.78 Å². The van der Waals surface area contributed by atoms with Gasteiger partial charge in [0, 0.05) is 12.8 Å². The van der Waals surface area contributed by atoms with E-state index in [0.717, 1.165) is 38.8 Å². The molecule has 1 N–H and O–H groups in total. The number of alkyl halides is 2. The first-order valence-electron chi connectivity index (χ1n) is 7.08. The van der Waals surface area contributed by atoms with Crippen molar-refractivity contribution in [1.82, 2.24) is 5.32 Å². The second-order valence-electron chi connectivity index (χ2n) is 5.91. The predicted octanol–water partition coefficient (Wildman–Crippen LogP) is 4.23. The molecule has 0 spiro atoms. The molecule has 1 aliphatic carbocycles. The summed E-state index contributed by atoms with van der Waals surface area (Å²) in [4.78, 5) is 0. The Morgan fingerprint density at radius 2 is 2.06 bits per heavy atom. The molecule has 0 aromatic carbocycles. The highest BCUT2D eigenvalue weighted by Gasteiger charge is 2.35. The zero-order valence-corrected chi connectivity index (χ0v) is 11.3. The monoisotopic (exact) mass is 247 g/mol. The molecule has 0 aliphatic heterocycles. The quantitative estimate of drug-likeness (QED) is 0.664. The Bertz CT molecular complexity index is 204. The highest BCUT2D eigenvalue weighted by atomic mass is 19.3. The van der Waals surface area contributed by atoms with E-state index in [4.69, 9.17) is 0 Å². The molecule has 0 saturated heterocycles. The van der Waals surface area contributed by atoms with Gasteiger partial charge in [-0.2, -0.15) is 0 Å². The van der Waals surface area contributed by atoms with E-state index in [-0.39, 0.29) is 18.8 Å². The second-order valence-corrected chi connectivity index (χ2v) is 5.91. The smallest absolute Gasteiger partial charge is 0.248 e. The summed E-state index contributed by atoms with van der Waals surface area (Å²) in [5.74, 6) is -1.42. The lowest BCUT2D eigenvalue weighted by molar-refractivity contribution is -0.0537. The summed E-state index contributed by atoms with van der Waals surface area (Å²) in [5.41, 5.74) is 0. The Kier molecular flexibility index (Phi) is 6.39. The summed E-state index contributed by atoms with van der Waals surface area (Å²) in [7, 11) is 0. The molecule has 0 amide bonds. The average molecular weight is 247 g/mol. The zero-order valence-electron chi connectivity index (χ0n) is 11.3. The third-order valence-corrected chi connectivity index (χ3v) is 3.51. The summed E-state index contributed by atoms with van der Waals surface area (Å²) in [6.45, 7) is 6.47. The van der Waals surface area contributed by atoms with Gasteiger partial charge in [-0.25, -0.2) is 8.78 Å². The minimum absolute atomic E-state index is 0.111. The summed E-state index contributed by atoms with van der Waals surface area (Å²) in [6, 6.07) is 0.